The highest BCUT2D eigenvalue weighted by Crippen LogP contribution is 2.28. The van der Waals surface area contributed by atoms with E-state index in [1.54, 1.807) is 0 Å². The summed E-state index contributed by atoms with van der Waals surface area (Å²) in [6.45, 7) is 2.03. The Morgan fingerprint density at radius 2 is 2.31 bits per heavy atom. The Morgan fingerprint density at radius 1 is 1.50 bits per heavy atom. The Balaban J connectivity index is 2.04. The van der Waals surface area contributed by atoms with Gasteiger partial charge in [-0.1, -0.05) is 12.5 Å². The first-order chi connectivity index (χ1) is 7.81. The van der Waals surface area contributed by atoms with Crippen LogP contribution in [0.4, 0.5) is 5.82 Å². The fourth-order valence-electron chi connectivity index (χ4n) is 2.25. The zero-order valence-electron chi connectivity index (χ0n) is 10.2. The molecule has 1 heterocycles. The Labute approximate surface area is 97.9 Å². The van der Waals surface area contributed by atoms with Crippen LogP contribution in [0.3, 0.4) is 0 Å². The molecule has 1 aromatic heterocycles. The topological polar surface area (TPSA) is 28.2 Å². The van der Waals surface area contributed by atoms with Crippen molar-refractivity contribution in [1.29, 1.82) is 0 Å². The minimum Gasteiger partial charge on any atom is -0.359 e. The van der Waals surface area contributed by atoms with Crippen LogP contribution in [0, 0.1) is 5.92 Å². The molecule has 16 heavy (non-hydrogen) atoms. The average molecular weight is 219 g/mol. The van der Waals surface area contributed by atoms with Gasteiger partial charge in [0, 0.05) is 31.9 Å². The van der Waals surface area contributed by atoms with E-state index in [0.29, 0.717) is 0 Å². The van der Waals surface area contributed by atoms with Crippen molar-refractivity contribution in [2.24, 2.45) is 5.92 Å². The molecule has 3 nitrogen and oxygen atoms in total. The van der Waals surface area contributed by atoms with Crippen molar-refractivity contribution in [2.75, 3.05) is 25.5 Å². The maximum Gasteiger partial charge on any atom is 0.132 e. The van der Waals surface area contributed by atoms with Gasteiger partial charge in [-0.2, -0.15) is 0 Å². The number of anilines is 1. The van der Waals surface area contributed by atoms with E-state index in [1.165, 1.54) is 24.8 Å². The highest BCUT2D eigenvalue weighted by Gasteiger charge is 2.20. The van der Waals surface area contributed by atoms with Crippen molar-refractivity contribution in [1.82, 2.24) is 10.3 Å². The van der Waals surface area contributed by atoms with Crippen molar-refractivity contribution < 1.29 is 0 Å². The van der Waals surface area contributed by atoms with Crippen molar-refractivity contribution >= 4 is 5.82 Å². The smallest absolute Gasteiger partial charge is 0.132 e. The maximum absolute atomic E-state index is 4.49. The van der Waals surface area contributed by atoms with Crippen molar-refractivity contribution in [3.8, 4) is 0 Å². The lowest BCUT2D eigenvalue weighted by atomic mass is 9.85. The number of aromatic nitrogens is 1. The lowest BCUT2D eigenvalue weighted by Gasteiger charge is -2.31. The summed E-state index contributed by atoms with van der Waals surface area (Å²) in [4.78, 5) is 6.80. The first kappa shape index (κ1) is 11.4. The van der Waals surface area contributed by atoms with Gasteiger partial charge in [0.05, 0.1) is 0 Å². The summed E-state index contributed by atoms with van der Waals surface area (Å²) in [7, 11) is 4.13. The zero-order chi connectivity index (χ0) is 11.4. The summed E-state index contributed by atoms with van der Waals surface area (Å²) in [5, 5.41) is 3.19. The first-order valence-electron chi connectivity index (χ1n) is 6.11. The molecule has 1 fully saturated rings. The Morgan fingerprint density at radius 3 is 2.94 bits per heavy atom. The fraction of sp³-hybridized carbons (Fsp3) is 0.615. The molecule has 3 heteroatoms. The number of hydrogen-bond donors (Lipinski definition) is 1. The Hall–Kier alpha value is -1.09. The quantitative estimate of drug-likeness (QED) is 0.821. The molecule has 0 aliphatic heterocycles. The molecule has 0 aromatic carbocycles. The summed E-state index contributed by atoms with van der Waals surface area (Å²) in [5.41, 5.74) is 1.28. The third-order valence-corrected chi connectivity index (χ3v) is 3.35. The zero-order valence-corrected chi connectivity index (χ0v) is 10.2. The standard InChI is InChI=1S/C13H21N3/c1-14-9-12-7-4-8-15-13(12)16(2)10-11-5-3-6-11/h4,7-8,11,14H,3,5-6,9-10H2,1-2H3. The van der Waals surface area contributed by atoms with E-state index >= 15 is 0 Å². The lowest BCUT2D eigenvalue weighted by molar-refractivity contribution is 0.321. The number of rotatable bonds is 5. The van der Waals surface area contributed by atoms with Crippen LogP contribution in [0.1, 0.15) is 24.8 Å². The Bertz CT molecular complexity index is 334. The van der Waals surface area contributed by atoms with Crippen LogP contribution in [0.5, 0.6) is 0 Å². The second-order valence-corrected chi connectivity index (χ2v) is 4.69. The molecule has 88 valence electrons. The molecule has 1 aliphatic carbocycles. The van der Waals surface area contributed by atoms with E-state index in [-0.39, 0.29) is 0 Å². The average Bonchev–Trinajstić information content (AvgIpc) is 2.24. The molecule has 1 N–H and O–H groups in total. The molecule has 0 spiro atoms. The fourth-order valence-corrected chi connectivity index (χ4v) is 2.25. The first-order valence-corrected chi connectivity index (χ1v) is 6.11. The van der Waals surface area contributed by atoms with E-state index < -0.39 is 0 Å². The molecule has 0 amide bonds. The number of pyridine rings is 1. The van der Waals surface area contributed by atoms with Gasteiger partial charge in [0.15, 0.2) is 0 Å². The van der Waals surface area contributed by atoms with E-state index in [1.807, 2.05) is 19.3 Å². The van der Waals surface area contributed by atoms with Crippen LogP contribution >= 0.6 is 0 Å². The molecule has 1 aliphatic rings. The van der Waals surface area contributed by atoms with E-state index in [4.69, 9.17) is 0 Å². The molecule has 0 bridgehead atoms. The molecule has 1 aromatic rings. The van der Waals surface area contributed by atoms with E-state index in [2.05, 4.69) is 28.3 Å². The monoisotopic (exact) mass is 219 g/mol. The molecular formula is C13H21N3. The lowest BCUT2D eigenvalue weighted by Crippen LogP contribution is -2.30. The van der Waals surface area contributed by atoms with Gasteiger partial charge < -0.3 is 10.2 Å². The van der Waals surface area contributed by atoms with E-state index in [0.717, 1.165) is 24.8 Å². The molecular weight excluding hydrogens is 198 g/mol. The molecule has 0 saturated heterocycles. The number of nitrogens with zero attached hydrogens (tertiary/aromatic N) is 2. The number of nitrogens with one attached hydrogen (secondary N) is 1. The second kappa shape index (κ2) is 5.30. The van der Waals surface area contributed by atoms with Crippen LogP contribution in [-0.2, 0) is 6.54 Å². The highest BCUT2D eigenvalue weighted by molar-refractivity contribution is 5.45. The molecule has 0 unspecified atom stereocenters. The van der Waals surface area contributed by atoms with Crippen LogP contribution < -0.4 is 10.2 Å². The van der Waals surface area contributed by atoms with Crippen LogP contribution in [0.15, 0.2) is 18.3 Å². The minimum absolute atomic E-state index is 0.884. The third kappa shape index (κ3) is 2.53. The van der Waals surface area contributed by atoms with Crippen LogP contribution in [0.25, 0.3) is 0 Å². The van der Waals surface area contributed by atoms with Gasteiger partial charge >= 0.3 is 0 Å². The van der Waals surface area contributed by atoms with Gasteiger partial charge in [-0.05, 0) is 31.9 Å². The van der Waals surface area contributed by atoms with Gasteiger partial charge in [-0.25, -0.2) is 4.98 Å². The number of hydrogen-bond acceptors (Lipinski definition) is 3. The minimum atomic E-state index is 0.884. The highest BCUT2D eigenvalue weighted by atomic mass is 15.2. The largest absolute Gasteiger partial charge is 0.359 e. The summed E-state index contributed by atoms with van der Waals surface area (Å²) < 4.78 is 0. The van der Waals surface area contributed by atoms with E-state index in [9.17, 15) is 0 Å². The molecule has 0 radical (unpaired) electrons. The van der Waals surface area contributed by atoms with Crippen molar-refractivity contribution in [3.05, 3.63) is 23.9 Å². The predicted octanol–water partition coefficient (Wildman–Crippen LogP) is 2.04. The molecule has 1 saturated carbocycles. The van der Waals surface area contributed by atoms with Crippen molar-refractivity contribution in [2.45, 2.75) is 25.8 Å². The van der Waals surface area contributed by atoms with Crippen LogP contribution in [-0.4, -0.2) is 25.6 Å². The summed E-state index contributed by atoms with van der Waals surface area (Å²) in [6.07, 6.45) is 6.06. The summed E-state index contributed by atoms with van der Waals surface area (Å²) >= 11 is 0. The maximum atomic E-state index is 4.49. The SMILES string of the molecule is CNCc1cccnc1N(C)CC1CCC1. The van der Waals surface area contributed by atoms with Gasteiger partial charge in [0.2, 0.25) is 0 Å². The summed E-state index contributed by atoms with van der Waals surface area (Å²) in [6, 6.07) is 4.16. The van der Waals surface area contributed by atoms with Crippen molar-refractivity contribution in [3.63, 3.8) is 0 Å². The molecule has 2 rings (SSSR count). The Kier molecular flexibility index (Phi) is 3.78. The van der Waals surface area contributed by atoms with Gasteiger partial charge in [0.1, 0.15) is 5.82 Å². The molecule has 0 atom stereocenters. The van der Waals surface area contributed by atoms with Crippen LogP contribution in [0.2, 0.25) is 0 Å². The van der Waals surface area contributed by atoms with Gasteiger partial charge in [0.25, 0.3) is 0 Å². The van der Waals surface area contributed by atoms with Gasteiger partial charge in [-0.3, -0.25) is 0 Å². The summed E-state index contributed by atoms with van der Waals surface area (Å²) in [5.74, 6) is 2.01. The normalized spacial score (nSPS) is 15.9. The third-order valence-electron chi connectivity index (χ3n) is 3.35. The second-order valence-electron chi connectivity index (χ2n) is 4.69. The predicted molar refractivity (Wildman–Crippen MR) is 67.6 cm³/mol. The van der Waals surface area contributed by atoms with Gasteiger partial charge in [-0.15, -0.1) is 0 Å².